The fourth-order valence-electron chi connectivity index (χ4n) is 3.20. The van der Waals surface area contributed by atoms with Crippen LogP contribution in [0.1, 0.15) is 0 Å². The van der Waals surface area contributed by atoms with E-state index in [-0.39, 0.29) is 6.54 Å². The number of aliphatic hydroxyl groups is 5. The van der Waals surface area contributed by atoms with Crippen LogP contribution in [0.25, 0.3) is 21.9 Å². The summed E-state index contributed by atoms with van der Waals surface area (Å²) < 4.78 is 5.85. The quantitative estimate of drug-likeness (QED) is 0.317. The molecule has 4 unspecified atom stereocenters. The Labute approximate surface area is 155 Å². The molecule has 0 saturated heterocycles. The van der Waals surface area contributed by atoms with Gasteiger partial charge < -0.3 is 40.6 Å². The Morgan fingerprint density at radius 2 is 1.67 bits per heavy atom. The lowest BCUT2D eigenvalue weighted by Crippen LogP contribution is -2.49. The Morgan fingerprint density at radius 1 is 1.00 bits per heavy atom. The number of nitrogen functional groups attached to an aromatic ring is 1. The molecule has 27 heavy (non-hydrogen) atoms. The van der Waals surface area contributed by atoms with Gasteiger partial charge in [0.2, 0.25) is 0 Å². The molecule has 0 radical (unpaired) electrons. The standard InChI is InChI=1S/C19H24N2O6/c1-21(8-13(23)17(25)18(26)14(24)9-22)12-7-6-11(20)19-16(12)10-4-2-3-5-15(10)27-19/h2-7,13-14,17-18,22-26H,8-9,20H2,1H3. The van der Waals surface area contributed by atoms with E-state index in [9.17, 15) is 20.4 Å². The summed E-state index contributed by atoms with van der Waals surface area (Å²) in [6, 6.07) is 11.0. The number of furan rings is 1. The molecule has 3 rings (SSSR count). The minimum Gasteiger partial charge on any atom is -0.454 e. The van der Waals surface area contributed by atoms with Crippen molar-refractivity contribution in [3.8, 4) is 0 Å². The van der Waals surface area contributed by atoms with Crippen molar-refractivity contribution in [2.45, 2.75) is 24.4 Å². The Bertz CT molecular complexity index is 927. The number of rotatable bonds is 7. The Balaban J connectivity index is 1.92. The molecule has 0 aliphatic carbocycles. The van der Waals surface area contributed by atoms with Crippen LogP contribution in [-0.4, -0.2) is 70.1 Å². The molecule has 0 amide bonds. The largest absolute Gasteiger partial charge is 0.454 e. The van der Waals surface area contributed by atoms with Gasteiger partial charge in [0.15, 0.2) is 5.58 Å². The number of likely N-dealkylation sites (N-methyl/N-ethyl adjacent to an activating group) is 1. The average Bonchev–Trinajstić information content (AvgIpc) is 3.06. The van der Waals surface area contributed by atoms with Crippen molar-refractivity contribution in [3.63, 3.8) is 0 Å². The molecule has 0 saturated carbocycles. The van der Waals surface area contributed by atoms with Crippen molar-refractivity contribution >= 4 is 33.3 Å². The van der Waals surface area contributed by atoms with Gasteiger partial charge in [-0.15, -0.1) is 0 Å². The van der Waals surface area contributed by atoms with Crippen molar-refractivity contribution in [2.75, 3.05) is 30.8 Å². The second-order valence-electron chi connectivity index (χ2n) is 6.66. The highest BCUT2D eigenvalue weighted by atomic mass is 16.4. The van der Waals surface area contributed by atoms with Crippen LogP contribution >= 0.6 is 0 Å². The summed E-state index contributed by atoms with van der Waals surface area (Å²) >= 11 is 0. The number of hydrogen-bond donors (Lipinski definition) is 6. The number of nitrogens with two attached hydrogens (primary N) is 1. The lowest BCUT2D eigenvalue weighted by atomic mass is 10.0. The first-order chi connectivity index (χ1) is 12.8. The van der Waals surface area contributed by atoms with Crippen LogP contribution in [0, 0.1) is 0 Å². The minimum atomic E-state index is -1.67. The lowest BCUT2D eigenvalue weighted by Gasteiger charge is -2.29. The molecule has 0 aliphatic rings. The number of hydrogen-bond acceptors (Lipinski definition) is 8. The lowest BCUT2D eigenvalue weighted by molar-refractivity contribution is -0.112. The van der Waals surface area contributed by atoms with E-state index in [1.807, 2.05) is 24.3 Å². The third-order valence-corrected chi connectivity index (χ3v) is 4.73. The number of nitrogens with zero attached hydrogens (tertiary/aromatic N) is 1. The van der Waals surface area contributed by atoms with Crippen molar-refractivity contribution in [3.05, 3.63) is 36.4 Å². The molecule has 0 bridgehead atoms. The topological polar surface area (TPSA) is 144 Å². The van der Waals surface area contributed by atoms with Crippen molar-refractivity contribution in [2.24, 2.45) is 0 Å². The van der Waals surface area contributed by atoms with Crippen LogP contribution in [0.2, 0.25) is 0 Å². The molecule has 0 fully saturated rings. The summed E-state index contributed by atoms with van der Waals surface area (Å²) in [4.78, 5) is 1.70. The fraction of sp³-hybridized carbons (Fsp3) is 0.368. The molecule has 7 N–H and O–H groups in total. The third kappa shape index (κ3) is 3.58. The fourth-order valence-corrected chi connectivity index (χ4v) is 3.20. The summed E-state index contributed by atoms with van der Waals surface area (Å²) in [5, 5.41) is 50.1. The normalized spacial score (nSPS) is 16.4. The van der Waals surface area contributed by atoms with E-state index in [0.717, 1.165) is 16.5 Å². The molecular weight excluding hydrogens is 352 g/mol. The second kappa shape index (κ2) is 7.71. The van der Waals surface area contributed by atoms with Gasteiger partial charge in [-0.25, -0.2) is 0 Å². The Hall–Kier alpha value is -2.36. The van der Waals surface area contributed by atoms with Crippen molar-refractivity contribution < 1.29 is 29.9 Å². The van der Waals surface area contributed by atoms with Crippen LogP contribution in [0.3, 0.4) is 0 Å². The molecular formula is C19H24N2O6. The number of aliphatic hydroxyl groups excluding tert-OH is 5. The first-order valence-corrected chi connectivity index (χ1v) is 8.59. The van der Waals surface area contributed by atoms with Crippen LogP contribution in [0.15, 0.2) is 40.8 Å². The summed E-state index contributed by atoms with van der Waals surface area (Å²) in [5.41, 5.74) is 8.47. The van der Waals surface area contributed by atoms with Crippen LogP contribution in [0.4, 0.5) is 11.4 Å². The molecule has 0 aliphatic heterocycles. The number of benzene rings is 2. The smallest absolute Gasteiger partial charge is 0.160 e. The van der Waals surface area contributed by atoms with E-state index < -0.39 is 31.0 Å². The van der Waals surface area contributed by atoms with Gasteiger partial charge in [0.25, 0.3) is 0 Å². The van der Waals surface area contributed by atoms with Gasteiger partial charge in [-0.05, 0) is 18.2 Å². The highest BCUT2D eigenvalue weighted by Crippen LogP contribution is 2.38. The van der Waals surface area contributed by atoms with Crippen molar-refractivity contribution in [1.29, 1.82) is 0 Å². The monoisotopic (exact) mass is 376 g/mol. The minimum absolute atomic E-state index is 0.0328. The maximum atomic E-state index is 10.3. The summed E-state index contributed by atoms with van der Waals surface area (Å²) in [5.74, 6) is 0. The predicted molar refractivity (Wildman–Crippen MR) is 103 cm³/mol. The Kier molecular flexibility index (Phi) is 5.54. The third-order valence-electron chi connectivity index (χ3n) is 4.73. The zero-order chi connectivity index (χ0) is 19.7. The van der Waals surface area contributed by atoms with E-state index in [1.54, 1.807) is 24.1 Å². The van der Waals surface area contributed by atoms with Gasteiger partial charge in [-0.1, -0.05) is 18.2 Å². The first-order valence-electron chi connectivity index (χ1n) is 8.59. The number of fused-ring (bicyclic) bond motifs is 3. The highest BCUT2D eigenvalue weighted by Gasteiger charge is 2.31. The molecule has 1 aromatic heterocycles. The van der Waals surface area contributed by atoms with Crippen LogP contribution < -0.4 is 10.6 Å². The van der Waals surface area contributed by atoms with Gasteiger partial charge in [0.1, 0.15) is 23.9 Å². The molecule has 8 heteroatoms. The van der Waals surface area contributed by atoms with Gasteiger partial charge in [-0.2, -0.15) is 0 Å². The second-order valence-corrected chi connectivity index (χ2v) is 6.66. The summed E-state index contributed by atoms with van der Waals surface area (Å²) in [7, 11) is 1.72. The molecule has 0 spiro atoms. The number of para-hydroxylation sites is 1. The summed E-state index contributed by atoms with van der Waals surface area (Å²) in [6.45, 7) is -0.755. The molecule has 8 nitrogen and oxygen atoms in total. The van der Waals surface area contributed by atoms with Gasteiger partial charge >= 0.3 is 0 Å². The zero-order valence-corrected chi connectivity index (χ0v) is 14.9. The summed E-state index contributed by atoms with van der Waals surface area (Å²) in [6.07, 6.45) is -6.20. The average molecular weight is 376 g/mol. The van der Waals surface area contributed by atoms with Gasteiger partial charge in [0.05, 0.1) is 23.8 Å². The van der Waals surface area contributed by atoms with E-state index >= 15 is 0 Å². The highest BCUT2D eigenvalue weighted by molar-refractivity contribution is 6.14. The predicted octanol–water partition coefficient (Wildman–Crippen LogP) is 0.0403. The number of anilines is 2. The van der Waals surface area contributed by atoms with E-state index in [2.05, 4.69) is 0 Å². The SMILES string of the molecule is CN(CC(O)C(O)C(O)C(O)CO)c1ccc(N)c2oc3ccccc3c12. The molecule has 146 valence electrons. The van der Waals surface area contributed by atoms with Gasteiger partial charge in [0, 0.05) is 24.7 Å². The molecule has 2 aromatic carbocycles. The van der Waals surface area contributed by atoms with Crippen LogP contribution in [0.5, 0.6) is 0 Å². The molecule has 3 aromatic rings. The zero-order valence-electron chi connectivity index (χ0n) is 14.9. The van der Waals surface area contributed by atoms with Crippen molar-refractivity contribution in [1.82, 2.24) is 0 Å². The maximum absolute atomic E-state index is 10.3. The molecule has 4 atom stereocenters. The Morgan fingerprint density at radius 3 is 2.37 bits per heavy atom. The van der Waals surface area contributed by atoms with Crippen LogP contribution in [-0.2, 0) is 0 Å². The first kappa shape index (κ1) is 19.4. The van der Waals surface area contributed by atoms with Gasteiger partial charge in [-0.3, -0.25) is 0 Å². The maximum Gasteiger partial charge on any atom is 0.160 e. The van der Waals surface area contributed by atoms with E-state index in [1.165, 1.54) is 0 Å². The molecule has 1 heterocycles. The van der Waals surface area contributed by atoms with E-state index in [0.29, 0.717) is 16.9 Å². The van der Waals surface area contributed by atoms with E-state index in [4.69, 9.17) is 15.3 Å².